The molecule has 0 radical (unpaired) electrons. The van der Waals surface area contributed by atoms with Crippen LogP contribution in [-0.2, 0) is 4.74 Å². The van der Waals surface area contributed by atoms with Gasteiger partial charge in [-0.1, -0.05) is 0 Å². The predicted octanol–water partition coefficient (Wildman–Crippen LogP) is 1.19. The molecule has 0 aliphatic carbocycles. The Hall–Kier alpha value is -0.910. The van der Waals surface area contributed by atoms with E-state index in [1.54, 1.807) is 0 Å². The minimum absolute atomic E-state index is 0.247. The highest BCUT2D eigenvalue weighted by Crippen LogP contribution is 2.23. The summed E-state index contributed by atoms with van der Waals surface area (Å²) in [5.41, 5.74) is 7.21. The largest absolute Gasteiger partial charge is 0.380 e. The Bertz CT molecular complexity index is 356. The van der Waals surface area contributed by atoms with Crippen LogP contribution in [0, 0.1) is 0 Å². The standard InChI is InChI=1S/C13H24N4O/c1-11(2)17-10-15-9-13(17)12(8-14)16-4-3-6-18-7-5-16/h9-12H,3-8,14H2,1-2H3. The summed E-state index contributed by atoms with van der Waals surface area (Å²) in [5.74, 6) is 0. The van der Waals surface area contributed by atoms with Crippen LogP contribution in [0.15, 0.2) is 12.5 Å². The number of imidazole rings is 1. The van der Waals surface area contributed by atoms with Crippen LogP contribution in [0.5, 0.6) is 0 Å². The van der Waals surface area contributed by atoms with E-state index in [9.17, 15) is 0 Å². The Morgan fingerprint density at radius 3 is 2.94 bits per heavy atom. The van der Waals surface area contributed by atoms with Crippen molar-refractivity contribution >= 4 is 0 Å². The number of ether oxygens (including phenoxy) is 1. The fraction of sp³-hybridized carbons (Fsp3) is 0.769. The van der Waals surface area contributed by atoms with Gasteiger partial charge in [0, 0.05) is 38.5 Å². The zero-order valence-electron chi connectivity index (χ0n) is 11.4. The van der Waals surface area contributed by atoms with Crippen molar-refractivity contribution in [3.05, 3.63) is 18.2 Å². The average Bonchev–Trinajstić information content (AvgIpc) is 2.67. The lowest BCUT2D eigenvalue weighted by Gasteiger charge is -2.30. The second kappa shape index (κ2) is 6.31. The van der Waals surface area contributed by atoms with Gasteiger partial charge in [-0.3, -0.25) is 4.90 Å². The van der Waals surface area contributed by atoms with E-state index in [-0.39, 0.29) is 6.04 Å². The van der Waals surface area contributed by atoms with Crippen molar-refractivity contribution in [3.8, 4) is 0 Å². The molecule has 1 aromatic heterocycles. The summed E-state index contributed by atoms with van der Waals surface area (Å²) in [6, 6.07) is 0.663. The SMILES string of the molecule is CC(C)n1cncc1C(CN)N1CCCOCC1. The zero-order chi connectivity index (χ0) is 13.0. The third kappa shape index (κ3) is 2.91. The van der Waals surface area contributed by atoms with E-state index >= 15 is 0 Å². The lowest BCUT2D eigenvalue weighted by Crippen LogP contribution is -2.36. The van der Waals surface area contributed by atoms with E-state index in [1.165, 1.54) is 5.69 Å². The molecule has 2 rings (SSSR count). The second-order valence-electron chi connectivity index (χ2n) is 5.07. The monoisotopic (exact) mass is 252 g/mol. The maximum atomic E-state index is 5.99. The maximum Gasteiger partial charge on any atom is 0.0951 e. The number of aromatic nitrogens is 2. The molecule has 1 aromatic rings. The first kappa shape index (κ1) is 13.5. The molecule has 1 aliphatic rings. The van der Waals surface area contributed by atoms with E-state index < -0.39 is 0 Å². The second-order valence-corrected chi connectivity index (χ2v) is 5.07. The quantitative estimate of drug-likeness (QED) is 0.874. The molecule has 2 N–H and O–H groups in total. The summed E-state index contributed by atoms with van der Waals surface area (Å²) in [7, 11) is 0. The smallest absolute Gasteiger partial charge is 0.0951 e. The number of hydrogen-bond acceptors (Lipinski definition) is 4. The highest BCUT2D eigenvalue weighted by molar-refractivity contribution is 5.08. The van der Waals surface area contributed by atoms with Crippen molar-refractivity contribution in [1.29, 1.82) is 0 Å². The van der Waals surface area contributed by atoms with Crippen LogP contribution in [0.25, 0.3) is 0 Å². The number of hydrogen-bond donors (Lipinski definition) is 1. The maximum absolute atomic E-state index is 5.99. The Labute approximate surface area is 109 Å². The first-order valence-electron chi connectivity index (χ1n) is 6.77. The van der Waals surface area contributed by atoms with Gasteiger partial charge < -0.3 is 15.0 Å². The number of nitrogens with two attached hydrogens (primary N) is 1. The van der Waals surface area contributed by atoms with E-state index in [0.29, 0.717) is 12.6 Å². The highest BCUT2D eigenvalue weighted by Gasteiger charge is 2.23. The third-order valence-electron chi connectivity index (χ3n) is 3.51. The van der Waals surface area contributed by atoms with Gasteiger partial charge in [0.15, 0.2) is 0 Å². The fourth-order valence-electron chi connectivity index (χ4n) is 2.54. The molecule has 0 amide bonds. The molecule has 1 atom stereocenters. The van der Waals surface area contributed by atoms with E-state index in [2.05, 4.69) is 28.3 Å². The van der Waals surface area contributed by atoms with Crippen LogP contribution in [0.2, 0.25) is 0 Å². The van der Waals surface area contributed by atoms with E-state index in [1.807, 2.05) is 12.5 Å². The molecule has 0 aromatic carbocycles. The van der Waals surface area contributed by atoms with Gasteiger partial charge in [0.2, 0.25) is 0 Å². The molecule has 1 fully saturated rings. The Morgan fingerprint density at radius 2 is 2.22 bits per heavy atom. The van der Waals surface area contributed by atoms with Crippen molar-refractivity contribution in [2.75, 3.05) is 32.8 Å². The van der Waals surface area contributed by atoms with Crippen molar-refractivity contribution in [2.45, 2.75) is 32.4 Å². The summed E-state index contributed by atoms with van der Waals surface area (Å²) in [4.78, 5) is 6.70. The molecule has 0 bridgehead atoms. The van der Waals surface area contributed by atoms with Crippen LogP contribution in [0.1, 0.15) is 38.0 Å². The molecule has 5 nitrogen and oxygen atoms in total. The molecule has 102 valence electrons. The highest BCUT2D eigenvalue weighted by atomic mass is 16.5. The molecule has 18 heavy (non-hydrogen) atoms. The summed E-state index contributed by atoms with van der Waals surface area (Å²) in [6.07, 6.45) is 4.92. The molecule has 1 aliphatic heterocycles. The van der Waals surface area contributed by atoms with Crippen LogP contribution in [-0.4, -0.2) is 47.3 Å². The van der Waals surface area contributed by atoms with Gasteiger partial charge in [0.1, 0.15) is 0 Å². The number of nitrogens with zero attached hydrogens (tertiary/aromatic N) is 3. The average molecular weight is 252 g/mol. The van der Waals surface area contributed by atoms with Gasteiger partial charge in [0.25, 0.3) is 0 Å². The molecular formula is C13H24N4O. The molecule has 1 unspecified atom stereocenters. The minimum atomic E-state index is 0.247. The van der Waals surface area contributed by atoms with Crippen molar-refractivity contribution < 1.29 is 4.74 Å². The van der Waals surface area contributed by atoms with Crippen molar-refractivity contribution in [2.24, 2.45) is 5.73 Å². The molecule has 0 saturated carbocycles. The van der Waals surface area contributed by atoms with Crippen molar-refractivity contribution in [1.82, 2.24) is 14.5 Å². The van der Waals surface area contributed by atoms with E-state index in [4.69, 9.17) is 10.5 Å². The molecule has 0 spiro atoms. The van der Waals surface area contributed by atoms with Crippen LogP contribution in [0.4, 0.5) is 0 Å². The van der Waals surface area contributed by atoms with Gasteiger partial charge in [-0.2, -0.15) is 0 Å². The Morgan fingerprint density at radius 1 is 1.39 bits per heavy atom. The predicted molar refractivity (Wildman–Crippen MR) is 71.4 cm³/mol. The van der Waals surface area contributed by atoms with Crippen LogP contribution < -0.4 is 5.73 Å². The molecule has 5 heteroatoms. The lowest BCUT2D eigenvalue weighted by atomic mass is 10.1. The summed E-state index contributed by atoms with van der Waals surface area (Å²) in [5, 5.41) is 0. The molecule has 1 saturated heterocycles. The fourth-order valence-corrected chi connectivity index (χ4v) is 2.54. The van der Waals surface area contributed by atoms with Gasteiger partial charge in [-0.25, -0.2) is 4.98 Å². The van der Waals surface area contributed by atoms with Gasteiger partial charge in [-0.05, 0) is 20.3 Å². The lowest BCUT2D eigenvalue weighted by molar-refractivity contribution is 0.131. The topological polar surface area (TPSA) is 56.3 Å². The minimum Gasteiger partial charge on any atom is -0.380 e. The Kier molecular flexibility index (Phi) is 4.74. The first-order valence-corrected chi connectivity index (χ1v) is 6.77. The van der Waals surface area contributed by atoms with Gasteiger partial charge >= 0.3 is 0 Å². The summed E-state index contributed by atoms with van der Waals surface area (Å²) < 4.78 is 7.72. The van der Waals surface area contributed by atoms with Crippen LogP contribution >= 0.6 is 0 Å². The zero-order valence-corrected chi connectivity index (χ0v) is 11.4. The summed E-state index contributed by atoms with van der Waals surface area (Å²) >= 11 is 0. The van der Waals surface area contributed by atoms with Crippen molar-refractivity contribution in [3.63, 3.8) is 0 Å². The van der Waals surface area contributed by atoms with Crippen LogP contribution in [0.3, 0.4) is 0 Å². The number of rotatable bonds is 4. The molecular weight excluding hydrogens is 228 g/mol. The molecule has 2 heterocycles. The third-order valence-corrected chi connectivity index (χ3v) is 3.51. The Balaban J connectivity index is 2.18. The summed E-state index contributed by atoms with van der Waals surface area (Å²) in [6.45, 7) is 8.62. The van der Waals surface area contributed by atoms with Gasteiger partial charge in [0.05, 0.1) is 24.7 Å². The van der Waals surface area contributed by atoms with E-state index in [0.717, 1.165) is 32.7 Å². The van der Waals surface area contributed by atoms with Gasteiger partial charge in [-0.15, -0.1) is 0 Å². The normalized spacial score (nSPS) is 20.0. The first-order chi connectivity index (χ1) is 8.74.